The van der Waals surface area contributed by atoms with Crippen molar-refractivity contribution in [3.8, 4) is 0 Å². The topological polar surface area (TPSA) is 56.8 Å². The number of benzene rings is 1. The van der Waals surface area contributed by atoms with Gasteiger partial charge in [0.1, 0.15) is 0 Å². The summed E-state index contributed by atoms with van der Waals surface area (Å²) in [4.78, 5) is 38.5. The number of carbonyl (C=O) groups excluding carboxylic acids is 2. The van der Waals surface area contributed by atoms with Crippen molar-refractivity contribution < 1.29 is 9.59 Å². The zero-order chi connectivity index (χ0) is 23.2. The van der Waals surface area contributed by atoms with E-state index in [0.717, 1.165) is 63.2 Å². The number of likely N-dealkylation sites (tertiary alicyclic amines) is 2. The van der Waals surface area contributed by atoms with E-state index in [0.29, 0.717) is 5.56 Å². The molecule has 2 aromatic rings. The number of nitrogens with zero attached hydrogens (tertiary/aromatic N) is 4. The number of carbonyl (C=O) groups is 2. The molecule has 4 heterocycles. The van der Waals surface area contributed by atoms with Gasteiger partial charge < -0.3 is 9.80 Å². The van der Waals surface area contributed by atoms with E-state index in [9.17, 15) is 9.59 Å². The fourth-order valence-electron chi connectivity index (χ4n) is 6.01. The number of piperidine rings is 1. The Morgan fingerprint density at radius 2 is 1.82 bits per heavy atom. The molecule has 1 aromatic carbocycles. The first-order valence-corrected chi connectivity index (χ1v) is 12.3. The van der Waals surface area contributed by atoms with Crippen LogP contribution in [0.3, 0.4) is 0 Å². The Bertz CT molecular complexity index is 1040. The second-order valence-corrected chi connectivity index (χ2v) is 10.2. The Balaban J connectivity index is 1.49. The van der Waals surface area contributed by atoms with Gasteiger partial charge in [0.05, 0.1) is 11.5 Å². The molecule has 1 aromatic heterocycles. The van der Waals surface area contributed by atoms with Crippen LogP contribution < -0.4 is 0 Å². The van der Waals surface area contributed by atoms with E-state index in [-0.39, 0.29) is 23.8 Å². The molecule has 3 aliphatic rings. The first kappa shape index (κ1) is 22.1. The average molecular weight is 447 g/mol. The Hall–Kier alpha value is -2.73. The lowest BCUT2D eigenvalue weighted by Crippen LogP contribution is -2.67. The van der Waals surface area contributed by atoms with Gasteiger partial charge in [0.15, 0.2) is 0 Å². The van der Waals surface area contributed by atoms with Crippen LogP contribution in [-0.4, -0.2) is 69.3 Å². The Morgan fingerprint density at radius 1 is 1.09 bits per heavy atom. The number of aryl methyl sites for hydroxylation is 1. The highest BCUT2D eigenvalue weighted by molar-refractivity contribution is 6.02. The standard InChI is InChI=1S/C27H34N4O2/c1-19(2)31-25(32)23-8-5-4-7-22(23)24(26(33)30-13-6-14-30)27(31)11-15-29(16-12-27)18-21-10-9-20(3)28-17-21/h4-5,7-10,17,19,24H,6,11-16,18H2,1-3H3. The fourth-order valence-corrected chi connectivity index (χ4v) is 6.01. The van der Waals surface area contributed by atoms with Crippen LogP contribution in [0.1, 0.15) is 66.2 Å². The summed E-state index contributed by atoms with van der Waals surface area (Å²) < 4.78 is 0. The second kappa shape index (κ2) is 8.56. The van der Waals surface area contributed by atoms with E-state index >= 15 is 0 Å². The number of rotatable bonds is 4. The van der Waals surface area contributed by atoms with Crippen molar-refractivity contribution in [3.05, 3.63) is 65.0 Å². The molecule has 0 N–H and O–H groups in total. The molecule has 1 atom stereocenters. The molecule has 0 saturated carbocycles. The molecule has 0 radical (unpaired) electrons. The van der Waals surface area contributed by atoms with Gasteiger partial charge in [0, 0.05) is 56.2 Å². The number of hydrogen-bond acceptors (Lipinski definition) is 4. The van der Waals surface area contributed by atoms with Crippen LogP contribution in [0, 0.1) is 6.92 Å². The van der Waals surface area contributed by atoms with E-state index in [1.165, 1.54) is 5.56 Å². The van der Waals surface area contributed by atoms with Crippen LogP contribution in [0.5, 0.6) is 0 Å². The van der Waals surface area contributed by atoms with Gasteiger partial charge in [0.2, 0.25) is 5.91 Å². The van der Waals surface area contributed by atoms with E-state index in [1.54, 1.807) is 0 Å². The van der Waals surface area contributed by atoms with Crippen molar-refractivity contribution in [1.29, 1.82) is 0 Å². The molecule has 5 rings (SSSR count). The Kier molecular flexibility index (Phi) is 5.73. The average Bonchev–Trinajstić information content (AvgIpc) is 2.76. The van der Waals surface area contributed by atoms with Gasteiger partial charge in [-0.2, -0.15) is 0 Å². The molecule has 6 nitrogen and oxygen atoms in total. The number of pyridine rings is 1. The summed E-state index contributed by atoms with van der Waals surface area (Å²) in [6.45, 7) is 10.4. The monoisotopic (exact) mass is 446 g/mol. The van der Waals surface area contributed by atoms with Crippen molar-refractivity contribution in [2.24, 2.45) is 0 Å². The lowest BCUT2D eigenvalue weighted by molar-refractivity contribution is -0.142. The van der Waals surface area contributed by atoms with Crippen molar-refractivity contribution >= 4 is 11.8 Å². The van der Waals surface area contributed by atoms with Gasteiger partial charge in [-0.1, -0.05) is 24.3 Å². The molecule has 6 heteroatoms. The maximum absolute atomic E-state index is 13.9. The lowest BCUT2D eigenvalue weighted by atomic mass is 9.66. The summed E-state index contributed by atoms with van der Waals surface area (Å²) in [5.41, 5.74) is 3.37. The lowest BCUT2D eigenvalue weighted by Gasteiger charge is -2.57. The molecule has 2 amide bonds. The highest BCUT2D eigenvalue weighted by atomic mass is 16.2. The minimum atomic E-state index is -0.478. The van der Waals surface area contributed by atoms with Gasteiger partial charge in [-0.25, -0.2) is 0 Å². The molecule has 0 aliphatic carbocycles. The fraction of sp³-hybridized carbons (Fsp3) is 0.519. The SMILES string of the molecule is Cc1ccc(CN2CCC3(CC2)C(C(=O)N2CCC2)c2ccccc2C(=O)N3C(C)C)cn1. The summed E-state index contributed by atoms with van der Waals surface area (Å²) in [5, 5.41) is 0. The van der Waals surface area contributed by atoms with Crippen molar-refractivity contribution in [3.63, 3.8) is 0 Å². The highest BCUT2D eigenvalue weighted by Gasteiger charge is 2.57. The third-order valence-electron chi connectivity index (χ3n) is 7.77. The maximum atomic E-state index is 13.9. The maximum Gasteiger partial charge on any atom is 0.254 e. The number of amides is 2. The van der Waals surface area contributed by atoms with Crippen LogP contribution in [0.25, 0.3) is 0 Å². The van der Waals surface area contributed by atoms with E-state index in [1.807, 2.05) is 42.3 Å². The predicted molar refractivity (Wildman–Crippen MR) is 128 cm³/mol. The van der Waals surface area contributed by atoms with Crippen LogP contribution in [-0.2, 0) is 11.3 Å². The molecule has 33 heavy (non-hydrogen) atoms. The van der Waals surface area contributed by atoms with Gasteiger partial charge in [0.25, 0.3) is 5.91 Å². The second-order valence-electron chi connectivity index (χ2n) is 10.2. The smallest absolute Gasteiger partial charge is 0.254 e. The molecule has 2 fully saturated rings. The summed E-state index contributed by atoms with van der Waals surface area (Å²) in [6, 6.07) is 12.0. The van der Waals surface area contributed by atoms with Crippen LogP contribution in [0.15, 0.2) is 42.6 Å². The molecular formula is C27H34N4O2. The van der Waals surface area contributed by atoms with E-state index in [4.69, 9.17) is 0 Å². The molecule has 174 valence electrons. The van der Waals surface area contributed by atoms with Crippen LogP contribution >= 0.6 is 0 Å². The zero-order valence-corrected chi connectivity index (χ0v) is 20.0. The molecule has 2 saturated heterocycles. The molecule has 0 bridgehead atoms. The Morgan fingerprint density at radius 3 is 2.42 bits per heavy atom. The third kappa shape index (κ3) is 3.74. The Labute approximate surface area is 196 Å². The van der Waals surface area contributed by atoms with Crippen LogP contribution in [0.4, 0.5) is 0 Å². The summed E-state index contributed by atoms with van der Waals surface area (Å²) in [6.07, 6.45) is 4.62. The predicted octanol–water partition coefficient (Wildman–Crippen LogP) is 3.60. The zero-order valence-electron chi connectivity index (χ0n) is 20.0. The summed E-state index contributed by atoms with van der Waals surface area (Å²) in [5.74, 6) is -0.0234. The highest BCUT2D eigenvalue weighted by Crippen LogP contribution is 2.49. The number of aromatic nitrogens is 1. The summed E-state index contributed by atoms with van der Waals surface area (Å²) >= 11 is 0. The molecule has 1 spiro atoms. The van der Waals surface area contributed by atoms with E-state index in [2.05, 4.69) is 40.8 Å². The molecule has 3 aliphatic heterocycles. The van der Waals surface area contributed by atoms with Gasteiger partial charge in [-0.3, -0.25) is 19.5 Å². The number of fused-ring (bicyclic) bond motifs is 1. The quantitative estimate of drug-likeness (QED) is 0.720. The van der Waals surface area contributed by atoms with Crippen molar-refractivity contribution in [1.82, 2.24) is 19.7 Å². The van der Waals surface area contributed by atoms with Crippen molar-refractivity contribution in [2.45, 2.75) is 64.1 Å². The van der Waals surface area contributed by atoms with Gasteiger partial charge in [-0.15, -0.1) is 0 Å². The van der Waals surface area contributed by atoms with Gasteiger partial charge in [-0.05, 0) is 63.3 Å². The normalized spacial score (nSPS) is 22.4. The van der Waals surface area contributed by atoms with Gasteiger partial charge >= 0.3 is 0 Å². The number of hydrogen-bond donors (Lipinski definition) is 0. The van der Waals surface area contributed by atoms with E-state index < -0.39 is 5.54 Å². The van der Waals surface area contributed by atoms with Crippen molar-refractivity contribution in [2.75, 3.05) is 26.2 Å². The minimum Gasteiger partial charge on any atom is -0.342 e. The summed E-state index contributed by atoms with van der Waals surface area (Å²) in [7, 11) is 0. The molecule has 1 unspecified atom stereocenters. The van der Waals surface area contributed by atoms with Crippen LogP contribution in [0.2, 0.25) is 0 Å². The third-order valence-corrected chi connectivity index (χ3v) is 7.77. The first-order chi connectivity index (χ1) is 15.9. The minimum absolute atomic E-state index is 0.0328. The first-order valence-electron chi connectivity index (χ1n) is 12.3. The largest absolute Gasteiger partial charge is 0.342 e. The molecular weight excluding hydrogens is 412 g/mol.